The smallest absolute Gasteiger partial charge is 0.00212 e. The average Bonchev–Trinajstić information content (AvgIpc) is 2.14. The molecule has 1 atom stereocenters. The number of nitrogens with zero attached hydrogens (tertiary/aromatic N) is 1. The minimum atomic E-state index is 0.776. The molecule has 0 radical (unpaired) electrons. The topological polar surface area (TPSA) is 15.3 Å². The molecule has 96 valence electrons. The highest BCUT2D eigenvalue weighted by atomic mass is 15.1. The lowest BCUT2D eigenvalue weighted by atomic mass is 9.83. The van der Waals surface area contributed by atoms with Gasteiger partial charge in [-0.05, 0) is 51.4 Å². The molecule has 0 aliphatic heterocycles. The van der Waals surface area contributed by atoms with Crippen molar-refractivity contribution in [3.63, 3.8) is 0 Å². The molecule has 1 fully saturated rings. The summed E-state index contributed by atoms with van der Waals surface area (Å²) in [7, 11) is 4.34. The molecule has 1 aliphatic carbocycles. The Morgan fingerprint density at radius 1 is 1.31 bits per heavy atom. The predicted octanol–water partition coefficient (Wildman–Crippen LogP) is 2.60. The van der Waals surface area contributed by atoms with Crippen molar-refractivity contribution >= 4 is 0 Å². The van der Waals surface area contributed by atoms with E-state index >= 15 is 0 Å². The van der Waals surface area contributed by atoms with Crippen LogP contribution in [0, 0.1) is 17.8 Å². The van der Waals surface area contributed by atoms with Crippen molar-refractivity contribution in [3.8, 4) is 0 Å². The molecule has 16 heavy (non-hydrogen) atoms. The fraction of sp³-hybridized carbons (Fsp3) is 1.00. The maximum Gasteiger partial charge on any atom is 0.00212 e. The second-order valence-electron chi connectivity index (χ2n) is 5.91. The summed E-state index contributed by atoms with van der Waals surface area (Å²) in [5, 5.41) is 3.32. The van der Waals surface area contributed by atoms with E-state index in [-0.39, 0.29) is 0 Å². The van der Waals surface area contributed by atoms with Crippen molar-refractivity contribution in [3.05, 3.63) is 0 Å². The van der Waals surface area contributed by atoms with E-state index in [1.807, 2.05) is 0 Å². The van der Waals surface area contributed by atoms with Gasteiger partial charge in [0.1, 0.15) is 0 Å². The molecule has 1 rings (SSSR count). The SMILES string of the molecule is CNCC(CN(C)CCC1CCC1)C(C)C. The van der Waals surface area contributed by atoms with Crippen molar-refractivity contribution in [2.75, 3.05) is 33.7 Å². The van der Waals surface area contributed by atoms with Crippen LogP contribution >= 0.6 is 0 Å². The van der Waals surface area contributed by atoms with Gasteiger partial charge in [0.25, 0.3) is 0 Å². The average molecular weight is 226 g/mol. The minimum absolute atomic E-state index is 0.776. The first-order chi connectivity index (χ1) is 7.63. The lowest BCUT2D eigenvalue weighted by molar-refractivity contribution is 0.199. The van der Waals surface area contributed by atoms with Crippen molar-refractivity contribution in [2.45, 2.75) is 39.5 Å². The van der Waals surface area contributed by atoms with Crippen molar-refractivity contribution in [1.29, 1.82) is 0 Å². The molecule has 1 N–H and O–H groups in total. The van der Waals surface area contributed by atoms with Crippen LogP contribution in [-0.2, 0) is 0 Å². The molecule has 0 amide bonds. The molecule has 0 saturated heterocycles. The van der Waals surface area contributed by atoms with Gasteiger partial charge in [0, 0.05) is 6.54 Å². The van der Waals surface area contributed by atoms with Crippen LogP contribution in [-0.4, -0.2) is 38.6 Å². The number of hydrogen-bond acceptors (Lipinski definition) is 2. The normalized spacial score (nSPS) is 19.1. The van der Waals surface area contributed by atoms with Gasteiger partial charge in [0.05, 0.1) is 0 Å². The zero-order valence-corrected chi connectivity index (χ0v) is 11.6. The maximum atomic E-state index is 3.32. The van der Waals surface area contributed by atoms with Gasteiger partial charge in [-0.3, -0.25) is 0 Å². The van der Waals surface area contributed by atoms with Crippen LogP contribution in [0.25, 0.3) is 0 Å². The molecule has 1 aliphatic rings. The highest BCUT2D eigenvalue weighted by molar-refractivity contribution is 4.73. The van der Waals surface area contributed by atoms with Crippen LogP contribution in [0.2, 0.25) is 0 Å². The van der Waals surface area contributed by atoms with E-state index in [1.54, 1.807) is 0 Å². The minimum Gasteiger partial charge on any atom is -0.319 e. The van der Waals surface area contributed by atoms with Crippen LogP contribution in [0.1, 0.15) is 39.5 Å². The molecule has 2 nitrogen and oxygen atoms in total. The monoisotopic (exact) mass is 226 g/mol. The van der Waals surface area contributed by atoms with Gasteiger partial charge in [-0.1, -0.05) is 33.1 Å². The quantitative estimate of drug-likeness (QED) is 0.684. The molecule has 0 spiro atoms. The van der Waals surface area contributed by atoms with Crippen LogP contribution in [0.5, 0.6) is 0 Å². The first-order valence-corrected chi connectivity index (χ1v) is 6.96. The first-order valence-electron chi connectivity index (χ1n) is 6.96. The van der Waals surface area contributed by atoms with Crippen LogP contribution in [0.4, 0.5) is 0 Å². The zero-order valence-electron chi connectivity index (χ0n) is 11.6. The molecule has 2 heteroatoms. The van der Waals surface area contributed by atoms with E-state index in [9.17, 15) is 0 Å². The number of rotatable bonds is 8. The van der Waals surface area contributed by atoms with Crippen molar-refractivity contribution < 1.29 is 0 Å². The molecule has 1 unspecified atom stereocenters. The van der Waals surface area contributed by atoms with Gasteiger partial charge >= 0.3 is 0 Å². The molecule has 1 saturated carbocycles. The Hall–Kier alpha value is -0.0800. The molecular weight excluding hydrogens is 196 g/mol. The van der Waals surface area contributed by atoms with E-state index in [0.29, 0.717) is 0 Å². The molecular formula is C14H30N2. The van der Waals surface area contributed by atoms with Gasteiger partial charge in [0.2, 0.25) is 0 Å². The molecule has 0 aromatic heterocycles. The summed E-state index contributed by atoms with van der Waals surface area (Å²) in [4.78, 5) is 2.53. The van der Waals surface area contributed by atoms with E-state index < -0.39 is 0 Å². The second-order valence-corrected chi connectivity index (χ2v) is 5.91. The Kier molecular flexibility index (Phi) is 6.37. The number of nitrogens with one attached hydrogen (secondary N) is 1. The summed E-state index contributed by atoms with van der Waals surface area (Å²) in [5.74, 6) is 2.61. The summed E-state index contributed by atoms with van der Waals surface area (Å²) in [6.45, 7) is 8.35. The predicted molar refractivity (Wildman–Crippen MR) is 71.7 cm³/mol. The summed E-state index contributed by atoms with van der Waals surface area (Å²) in [5.41, 5.74) is 0. The third-order valence-corrected chi connectivity index (χ3v) is 4.10. The summed E-state index contributed by atoms with van der Waals surface area (Å²) in [6.07, 6.45) is 5.86. The van der Waals surface area contributed by atoms with E-state index in [4.69, 9.17) is 0 Å². The van der Waals surface area contributed by atoms with E-state index in [0.717, 1.165) is 24.3 Å². The van der Waals surface area contributed by atoms with Crippen molar-refractivity contribution in [1.82, 2.24) is 10.2 Å². The summed E-state index contributed by atoms with van der Waals surface area (Å²) in [6, 6.07) is 0. The van der Waals surface area contributed by atoms with Gasteiger partial charge in [-0.25, -0.2) is 0 Å². The Balaban J connectivity index is 2.15. The lowest BCUT2D eigenvalue weighted by Crippen LogP contribution is -2.35. The number of hydrogen-bond donors (Lipinski definition) is 1. The highest BCUT2D eigenvalue weighted by Gasteiger charge is 2.19. The Labute approximate surface area is 102 Å². The molecule has 0 aromatic carbocycles. The van der Waals surface area contributed by atoms with Gasteiger partial charge < -0.3 is 10.2 Å². The lowest BCUT2D eigenvalue weighted by Gasteiger charge is -2.30. The van der Waals surface area contributed by atoms with Crippen LogP contribution in [0.3, 0.4) is 0 Å². The highest BCUT2D eigenvalue weighted by Crippen LogP contribution is 2.29. The second kappa shape index (κ2) is 7.29. The fourth-order valence-corrected chi connectivity index (χ4v) is 2.45. The summed E-state index contributed by atoms with van der Waals surface area (Å²) >= 11 is 0. The fourth-order valence-electron chi connectivity index (χ4n) is 2.45. The Morgan fingerprint density at radius 3 is 2.44 bits per heavy atom. The van der Waals surface area contributed by atoms with Crippen LogP contribution < -0.4 is 5.32 Å². The third kappa shape index (κ3) is 4.84. The maximum absolute atomic E-state index is 3.32. The van der Waals surface area contributed by atoms with Gasteiger partial charge in [-0.15, -0.1) is 0 Å². The molecule has 0 aromatic rings. The van der Waals surface area contributed by atoms with E-state index in [2.05, 4.69) is 38.2 Å². The summed E-state index contributed by atoms with van der Waals surface area (Å²) < 4.78 is 0. The molecule has 0 bridgehead atoms. The Bertz CT molecular complexity index is 176. The first kappa shape index (κ1) is 14.0. The van der Waals surface area contributed by atoms with Gasteiger partial charge in [-0.2, -0.15) is 0 Å². The van der Waals surface area contributed by atoms with E-state index in [1.165, 1.54) is 38.8 Å². The zero-order chi connectivity index (χ0) is 12.0. The van der Waals surface area contributed by atoms with Gasteiger partial charge in [0.15, 0.2) is 0 Å². The standard InChI is InChI=1S/C14H30N2/c1-12(2)14(10-15-3)11-16(4)9-8-13-6-5-7-13/h12-15H,5-11H2,1-4H3. The van der Waals surface area contributed by atoms with Crippen molar-refractivity contribution in [2.24, 2.45) is 17.8 Å². The largest absolute Gasteiger partial charge is 0.319 e. The molecule has 0 heterocycles. The Morgan fingerprint density at radius 2 is 2.00 bits per heavy atom. The third-order valence-electron chi connectivity index (χ3n) is 4.10. The van der Waals surface area contributed by atoms with Crippen LogP contribution in [0.15, 0.2) is 0 Å².